The lowest BCUT2D eigenvalue weighted by molar-refractivity contribution is 0.367. The minimum atomic E-state index is -0.961. The van der Waals surface area contributed by atoms with Gasteiger partial charge in [0.05, 0.1) is 0 Å². The Balaban J connectivity index is 2.30. The van der Waals surface area contributed by atoms with Crippen LogP contribution in [0.3, 0.4) is 0 Å². The van der Waals surface area contributed by atoms with E-state index in [1.54, 1.807) is 0 Å². The van der Waals surface area contributed by atoms with Crippen LogP contribution in [0.2, 0.25) is 0 Å². The minimum Gasteiger partial charge on any atom is -0.303 e. The molecular formula is C12H15F2NOS. The van der Waals surface area contributed by atoms with Crippen molar-refractivity contribution in [2.24, 2.45) is 0 Å². The Bertz CT molecular complexity index is 442. The van der Waals surface area contributed by atoms with Crippen molar-refractivity contribution in [1.82, 2.24) is 5.32 Å². The summed E-state index contributed by atoms with van der Waals surface area (Å²) in [4.78, 5) is 0. The van der Waals surface area contributed by atoms with Crippen molar-refractivity contribution in [2.45, 2.75) is 25.4 Å². The van der Waals surface area contributed by atoms with Crippen LogP contribution >= 0.6 is 0 Å². The fraction of sp³-hybridized carbons (Fsp3) is 0.500. The van der Waals surface area contributed by atoms with Gasteiger partial charge in [0.15, 0.2) is 0 Å². The van der Waals surface area contributed by atoms with Gasteiger partial charge in [0.2, 0.25) is 0 Å². The van der Waals surface area contributed by atoms with Crippen molar-refractivity contribution < 1.29 is 13.0 Å². The second-order valence-corrected chi connectivity index (χ2v) is 6.54. The van der Waals surface area contributed by atoms with Gasteiger partial charge in [-0.05, 0) is 31.5 Å². The molecular weight excluding hydrogens is 244 g/mol. The van der Waals surface area contributed by atoms with E-state index in [0.29, 0.717) is 17.1 Å². The normalized spacial score (nSPS) is 28.0. The molecule has 1 heterocycles. The molecule has 2 nitrogen and oxygen atoms in total. The van der Waals surface area contributed by atoms with Crippen LogP contribution in [-0.2, 0) is 10.8 Å². The first-order valence-electron chi connectivity index (χ1n) is 5.44. The average Bonchev–Trinajstić information content (AvgIpc) is 2.12. The summed E-state index contributed by atoms with van der Waals surface area (Å²) in [6, 6.07) is 3.16. The van der Waals surface area contributed by atoms with Crippen LogP contribution in [0, 0.1) is 11.6 Å². The number of nitrogens with one attached hydrogen (secondary N) is 1. The Morgan fingerprint density at radius 3 is 2.41 bits per heavy atom. The monoisotopic (exact) mass is 259 g/mol. The van der Waals surface area contributed by atoms with Gasteiger partial charge in [0.25, 0.3) is 0 Å². The SMILES string of the molecule is CC1(C)CS(=O)CC(c2cc(F)cc(F)c2)N1. The molecule has 1 aliphatic heterocycles. The van der Waals surface area contributed by atoms with Gasteiger partial charge in [-0.1, -0.05) is 0 Å². The maximum Gasteiger partial charge on any atom is 0.126 e. The van der Waals surface area contributed by atoms with E-state index in [9.17, 15) is 13.0 Å². The summed E-state index contributed by atoms with van der Waals surface area (Å²) in [5.74, 6) is -0.250. The third-order valence-electron chi connectivity index (χ3n) is 2.73. The standard InChI is InChI=1S/C12H15F2NOS/c1-12(2)7-17(16)6-11(15-12)8-3-9(13)5-10(14)4-8/h3-5,11,15H,6-7H2,1-2H3. The summed E-state index contributed by atoms with van der Waals surface area (Å²) < 4.78 is 38.0. The van der Waals surface area contributed by atoms with Crippen molar-refractivity contribution in [1.29, 1.82) is 0 Å². The van der Waals surface area contributed by atoms with Crippen LogP contribution in [-0.4, -0.2) is 21.3 Å². The van der Waals surface area contributed by atoms with Gasteiger partial charge in [0, 0.05) is 40.0 Å². The Morgan fingerprint density at radius 2 is 1.88 bits per heavy atom. The first-order valence-corrected chi connectivity index (χ1v) is 6.93. The smallest absolute Gasteiger partial charge is 0.126 e. The molecule has 2 rings (SSSR count). The molecule has 5 heteroatoms. The molecule has 1 fully saturated rings. The molecule has 0 aliphatic carbocycles. The molecule has 0 amide bonds. The molecule has 2 unspecified atom stereocenters. The summed E-state index contributed by atoms with van der Waals surface area (Å²) in [5, 5.41) is 3.27. The van der Waals surface area contributed by atoms with Gasteiger partial charge in [0.1, 0.15) is 11.6 Å². The first kappa shape index (κ1) is 12.6. The summed E-state index contributed by atoms with van der Waals surface area (Å²) in [6.07, 6.45) is 0. The zero-order chi connectivity index (χ0) is 12.6. The third kappa shape index (κ3) is 3.10. The van der Waals surface area contributed by atoms with Crippen molar-refractivity contribution in [3.8, 4) is 0 Å². The first-order chi connectivity index (χ1) is 7.85. The van der Waals surface area contributed by atoms with Crippen LogP contribution in [0.5, 0.6) is 0 Å². The highest BCUT2D eigenvalue weighted by atomic mass is 32.2. The molecule has 1 aliphatic rings. The van der Waals surface area contributed by atoms with Gasteiger partial charge >= 0.3 is 0 Å². The van der Waals surface area contributed by atoms with Gasteiger partial charge in [-0.3, -0.25) is 4.21 Å². The van der Waals surface area contributed by atoms with Crippen molar-refractivity contribution >= 4 is 10.8 Å². The van der Waals surface area contributed by atoms with E-state index in [1.807, 2.05) is 13.8 Å². The Labute approximate surface area is 102 Å². The molecule has 17 heavy (non-hydrogen) atoms. The van der Waals surface area contributed by atoms with Crippen LogP contribution in [0.4, 0.5) is 8.78 Å². The van der Waals surface area contributed by atoms with Crippen molar-refractivity contribution in [3.63, 3.8) is 0 Å². The van der Waals surface area contributed by atoms with Crippen molar-refractivity contribution in [3.05, 3.63) is 35.4 Å². The molecule has 1 aromatic rings. The number of rotatable bonds is 1. The topological polar surface area (TPSA) is 29.1 Å². The molecule has 1 N–H and O–H groups in total. The third-order valence-corrected chi connectivity index (χ3v) is 4.48. The quantitative estimate of drug-likeness (QED) is 0.837. The second-order valence-electron chi connectivity index (χ2n) is 5.03. The molecule has 0 aromatic heterocycles. The van der Waals surface area contributed by atoms with Gasteiger partial charge in [-0.2, -0.15) is 0 Å². The maximum atomic E-state index is 13.1. The van der Waals surface area contributed by atoms with E-state index >= 15 is 0 Å². The van der Waals surface area contributed by atoms with Gasteiger partial charge < -0.3 is 5.32 Å². The van der Waals surface area contributed by atoms with Gasteiger partial charge in [-0.15, -0.1) is 0 Å². The van der Waals surface area contributed by atoms with E-state index in [2.05, 4.69) is 5.32 Å². The molecule has 1 aromatic carbocycles. The number of benzene rings is 1. The lowest BCUT2D eigenvalue weighted by atomic mass is 10.0. The second kappa shape index (κ2) is 4.46. The minimum absolute atomic E-state index is 0.259. The molecule has 1 saturated heterocycles. The number of halogens is 2. The van der Waals surface area contributed by atoms with Crippen LogP contribution in [0.1, 0.15) is 25.5 Å². The zero-order valence-electron chi connectivity index (χ0n) is 9.80. The zero-order valence-corrected chi connectivity index (χ0v) is 10.6. The van der Waals surface area contributed by atoms with E-state index < -0.39 is 22.4 Å². The Morgan fingerprint density at radius 1 is 1.29 bits per heavy atom. The summed E-state index contributed by atoms with van der Waals surface area (Å²) >= 11 is 0. The molecule has 2 atom stereocenters. The highest BCUT2D eigenvalue weighted by Gasteiger charge is 2.32. The van der Waals surface area contributed by atoms with Crippen LogP contribution in [0.25, 0.3) is 0 Å². The highest BCUT2D eigenvalue weighted by molar-refractivity contribution is 7.85. The Kier molecular flexibility index (Phi) is 3.32. The predicted molar refractivity (Wildman–Crippen MR) is 64.2 cm³/mol. The summed E-state index contributed by atoms with van der Waals surface area (Å²) in [7, 11) is -0.961. The van der Waals surface area contributed by atoms with Crippen molar-refractivity contribution in [2.75, 3.05) is 11.5 Å². The van der Waals surface area contributed by atoms with E-state index in [1.165, 1.54) is 12.1 Å². The molecule has 0 radical (unpaired) electrons. The summed E-state index contributed by atoms with van der Waals surface area (Å²) in [5.41, 5.74) is 0.236. The fourth-order valence-electron chi connectivity index (χ4n) is 2.16. The Hall–Kier alpha value is -0.810. The fourth-order valence-corrected chi connectivity index (χ4v) is 3.81. The lowest BCUT2D eigenvalue weighted by Crippen LogP contribution is -2.52. The van der Waals surface area contributed by atoms with E-state index in [4.69, 9.17) is 0 Å². The number of hydrogen-bond donors (Lipinski definition) is 1. The average molecular weight is 259 g/mol. The predicted octanol–water partition coefficient (Wildman–Crippen LogP) is 2.14. The van der Waals surface area contributed by atoms with Gasteiger partial charge in [-0.25, -0.2) is 8.78 Å². The highest BCUT2D eigenvalue weighted by Crippen LogP contribution is 2.25. The van der Waals surface area contributed by atoms with Crippen LogP contribution < -0.4 is 5.32 Å². The largest absolute Gasteiger partial charge is 0.303 e. The van der Waals surface area contributed by atoms with E-state index in [0.717, 1.165) is 6.07 Å². The molecule has 0 saturated carbocycles. The number of hydrogen-bond acceptors (Lipinski definition) is 2. The molecule has 0 spiro atoms. The summed E-state index contributed by atoms with van der Waals surface area (Å²) in [6.45, 7) is 3.87. The maximum absolute atomic E-state index is 13.1. The van der Waals surface area contributed by atoms with E-state index in [-0.39, 0.29) is 11.6 Å². The lowest BCUT2D eigenvalue weighted by Gasteiger charge is -2.36. The molecule has 94 valence electrons. The molecule has 0 bridgehead atoms. The van der Waals surface area contributed by atoms with Crippen LogP contribution in [0.15, 0.2) is 18.2 Å².